The molecule has 3 heterocycles. The van der Waals surface area contributed by atoms with Crippen molar-refractivity contribution in [3.05, 3.63) is 36.3 Å². The molecular formula is C16H22N4O2. The van der Waals surface area contributed by atoms with Gasteiger partial charge in [0.2, 0.25) is 0 Å². The molecule has 2 aromatic rings. The number of hydrogen-bond donors (Lipinski definition) is 1. The van der Waals surface area contributed by atoms with Gasteiger partial charge in [0.15, 0.2) is 0 Å². The number of amides is 1. The molecule has 0 atom stereocenters. The van der Waals surface area contributed by atoms with Crippen LogP contribution in [0.15, 0.2) is 30.6 Å². The third-order valence-corrected chi connectivity index (χ3v) is 3.89. The molecule has 0 aromatic carbocycles. The lowest BCUT2D eigenvalue weighted by Crippen LogP contribution is -2.37. The van der Waals surface area contributed by atoms with Gasteiger partial charge in [-0.1, -0.05) is 6.07 Å². The maximum atomic E-state index is 12.1. The molecule has 1 aliphatic heterocycles. The van der Waals surface area contributed by atoms with Crippen molar-refractivity contribution >= 4 is 11.6 Å². The van der Waals surface area contributed by atoms with Gasteiger partial charge < -0.3 is 14.5 Å². The molecule has 22 heavy (non-hydrogen) atoms. The van der Waals surface area contributed by atoms with E-state index in [1.807, 2.05) is 28.8 Å². The Morgan fingerprint density at radius 1 is 1.27 bits per heavy atom. The zero-order valence-electron chi connectivity index (χ0n) is 12.7. The Morgan fingerprint density at radius 3 is 2.95 bits per heavy atom. The third kappa shape index (κ3) is 3.84. The van der Waals surface area contributed by atoms with E-state index in [9.17, 15) is 4.79 Å². The first-order valence-electron chi connectivity index (χ1n) is 7.85. The normalized spacial score (nSPS) is 16.0. The number of ether oxygens (including phenoxy) is 1. The van der Waals surface area contributed by atoms with Crippen LogP contribution in [0.25, 0.3) is 5.65 Å². The summed E-state index contributed by atoms with van der Waals surface area (Å²) in [5.41, 5.74) is 1.26. The highest BCUT2D eigenvalue weighted by atomic mass is 16.5. The van der Waals surface area contributed by atoms with Crippen LogP contribution in [0.5, 0.6) is 0 Å². The average molecular weight is 302 g/mol. The number of carbonyl (C=O) groups is 1. The van der Waals surface area contributed by atoms with Crippen molar-refractivity contribution in [1.29, 1.82) is 0 Å². The van der Waals surface area contributed by atoms with E-state index in [1.54, 1.807) is 6.20 Å². The molecule has 2 aromatic heterocycles. The Morgan fingerprint density at radius 2 is 2.14 bits per heavy atom. The third-order valence-electron chi connectivity index (χ3n) is 3.89. The lowest BCUT2D eigenvalue weighted by Gasteiger charge is -2.26. The number of carbonyl (C=O) groups excluding carboxylic acids is 1. The SMILES string of the molecule is O=C(NCCCCN1CCOCC1)c1cn2ccccc2n1. The smallest absolute Gasteiger partial charge is 0.271 e. The van der Waals surface area contributed by atoms with Crippen LogP contribution in [-0.4, -0.2) is 59.6 Å². The molecule has 0 saturated carbocycles. The quantitative estimate of drug-likeness (QED) is 0.814. The summed E-state index contributed by atoms with van der Waals surface area (Å²) in [5, 5.41) is 2.94. The second-order valence-corrected chi connectivity index (χ2v) is 5.51. The summed E-state index contributed by atoms with van der Waals surface area (Å²) >= 11 is 0. The molecule has 3 rings (SSSR count). The van der Waals surface area contributed by atoms with Gasteiger partial charge in [-0.15, -0.1) is 0 Å². The predicted octanol–water partition coefficient (Wildman–Crippen LogP) is 1.18. The van der Waals surface area contributed by atoms with Gasteiger partial charge in [-0.3, -0.25) is 9.69 Å². The van der Waals surface area contributed by atoms with E-state index in [1.165, 1.54) is 0 Å². The van der Waals surface area contributed by atoms with Crippen molar-refractivity contribution < 1.29 is 9.53 Å². The van der Waals surface area contributed by atoms with Gasteiger partial charge in [0.05, 0.1) is 13.2 Å². The van der Waals surface area contributed by atoms with Crippen LogP contribution in [0, 0.1) is 0 Å². The van der Waals surface area contributed by atoms with Crippen LogP contribution in [0.2, 0.25) is 0 Å². The van der Waals surface area contributed by atoms with Crippen molar-refractivity contribution in [2.24, 2.45) is 0 Å². The molecule has 0 unspecified atom stereocenters. The van der Waals surface area contributed by atoms with Crippen molar-refractivity contribution in [2.75, 3.05) is 39.4 Å². The van der Waals surface area contributed by atoms with Crippen molar-refractivity contribution in [3.8, 4) is 0 Å². The molecule has 0 radical (unpaired) electrons. The number of unbranched alkanes of at least 4 members (excludes halogenated alkanes) is 1. The molecule has 6 nitrogen and oxygen atoms in total. The van der Waals surface area contributed by atoms with E-state index in [-0.39, 0.29) is 5.91 Å². The molecule has 0 bridgehead atoms. The number of nitrogens with one attached hydrogen (secondary N) is 1. The summed E-state index contributed by atoms with van der Waals surface area (Å²) in [6.45, 7) is 5.49. The second kappa shape index (κ2) is 7.38. The minimum absolute atomic E-state index is 0.102. The number of imidazole rings is 1. The molecular weight excluding hydrogens is 280 g/mol. The van der Waals surface area contributed by atoms with Gasteiger partial charge in [0.25, 0.3) is 5.91 Å². The van der Waals surface area contributed by atoms with E-state index in [4.69, 9.17) is 4.74 Å². The van der Waals surface area contributed by atoms with Gasteiger partial charge in [-0.05, 0) is 31.5 Å². The topological polar surface area (TPSA) is 58.9 Å². The molecule has 1 fully saturated rings. The van der Waals surface area contributed by atoms with E-state index in [0.29, 0.717) is 12.2 Å². The summed E-state index contributed by atoms with van der Waals surface area (Å²) < 4.78 is 7.18. The minimum Gasteiger partial charge on any atom is -0.379 e. The van der Waals surface area contributed by atoms with Crippen molar-refractivity contribution in [2.45, 2.75) is 12.8 Å². The second-order valence-electron chi connectivity index (χ2n) is 5.51. The fraction of sp³-hybridized carbons (Fsp3) is 0.500. The van der Waals surface area contributed by atoms with Crippen LogP contribution in [0.3, 0.4) is 0 Å². The van der Waals surface area contributed by atoms with Crippen LogP contribution >= 0.6 is 0 Å². The highest BCUT2D eigenvalue weighted by Gasteiger charge is 2.11. The maximum absolute atomic E-state index is 12.1. The highest BCUT2D eigenvalue weighted by Crippen LogP contribution is 2.04. The zero-order chi connectivity index (χ0) is 15.2. The number of aromatic nitrogens is 2. The first-order valence-corrected chi connectivity index (χ1v) is 7.85. The largest absolute Gasteiger partial charge is 0.379 e. The van der Waals surface area contributed by atoms with Crippen molar-refractivity contribution in [1.82, 2.24) is 19.6 Å². The number of hydrogen-bond acceptors (Lipinski definition) is 4. The lowest BCUT2D eigenvalue weighted by atomic mass is 10.2. The zero-order valence-corrected chi connectivity index (χ0v) is 12.7. The van der Waals surface area contributed by atoms with Crippen LogP contribution < -0.4 is 5.32 Å². The first-order chi connectivity index (χ1) is 10.8. The number of pyridine rings is 1. The number of nitrogens with zero attached hydrogens (tertiary/aromatic N) is 3. The minimum atomic E-state index is -0.102. The molecule has 1 aliphatic rings. The van der Waals surface area contributed by atoms with Gasteiger partial charge in [0, 0.05) is 32.0 Å². The summed E-state index contributed by atoms with van der Waals surface area (Å²) in [5.74, 6) is -0.102. The number of rotatable bonds is 6. The molecule has 0 spiro atoms. The fourth-order valence-electron chi connectivity index (χ4n) is 2.62. The van der Waals surface area contributed by atoms with Gasteiger partial charge in [0.1, 0.15) is 11.3 Å². The van der Waals surface area contributed by atoms with Crippen LogP contribution in [-0.2, 0) is 4.74 Å². The Hall–Kier alpha value is -1.92. The van der Waals surface area contributed by atoms with E-state index in [2.05, 4.69) is 15.2 Å². The highest BCUT2D eigenvalue weighted by molar-refractivity contribution is 5.92. The first kappa shape index (κ1) is 15.0. The average Bonchev–Trinajstić information content (AvgIpc) is 2.99. The standard InChI is InChI=1S/C16H22N4O2/c21-16(14-13-20-8-3-1-5-15(20)18-14)17-6-2-4-7-19-9-11-22-12-10-19/h1,3,5,8,13H,2,4,6-7,9-12H2,(H,17,21). The summed E-state index contributed by atoms with van der Waals surface area (Å²) in [6.07, 6.45) is 5.72. The van der Waals surface area contributed by atoms with Gasteiger partial charge >= 0.3 is 0 Å². The monoisotopic (exact) mass is 302 g/mol. The Bertz CT molecular complexity index is 586. The van der Waals surface area contributed by atoms with Crippen molar-refractivity contribution in [3.63, 3.8) is 0 Å². The fourth-order valence-corrected chi connectivity index (χ4v) is 2.62. The molecule has 6 heteroatoms. The summed E-state index contributed by atoms with van der Waals surface area (Å²) in [6, 6.07) is 5.72. The van der Waals surface area contributed by atoms with E-state index >= 15 is 0 Å². The molecule has 118 valence electrons. The number of morpholine rings is 1. The molecule has 0 aliphatic carbocycles. The van der Waals surface area contributed by atoms with Crippen LogP contribution in [0.1, 0.15) is 23.3 Å². The Labute approximate surface area is 130 Å². The lowest BCUT2D eigenvalue weighted by molar-refractivity contribution is 0.0372. The Balaban J connectivity index is 1.38. The summed E-state index contributed by atoms with van der Waals surface area (Å²) in [4.78, 5) is 18.8. The molecule has 1 amide bonds. The number of fused-ring (bicyclic) bond motifs is 1. The van der Waals surface area contributed by atoms with E-state index in [0.717, 1.165) is 51.3 Å². The maximum Gasteiger partial charge on any atom is 0.271 e. The predicted molar refractivity (Wildman–Crippen MR) is 84.0 cm³/mol. The van der Waals surface area contributed by atoms with Gasteiger partial charge in [-0.2, -0.15) is 0 Å². The molecule has 1 saturated heterocycles. The Kier molecular flexibility index (Phi) is 5.03. The van der Waals surface area contributed by atoms with Crippen LogP contribution in [0.4, 0.5) is 0 Å². The van der Waals surface area contributed by atoms with E-state index < -0.39 is 0 Å². The summed E-state index contributed by atoms with van der Waals surface area (Å²) in [7, 11) is 0. The van der Waals surface area contributed by atoms with Gasteiger partial charge in [-0.25, -0.2) is 4.98 Å². The molecule has 1 N–H and O–H groups in total.